The highest BCUT2D eigenvalue weighted by Gasteiger charge is 2.30. The van der Waals surface area contributed by atoms with E-state index in [4.69, 9.17) is 5.73 Å². The Kier molecular flexibility index (Phi) is 6.21. The van der Waals surface area contributed by atoms with Crippen molar-refractivity contribution in [3.8, 4) is 0 Å². The molecule has 0 spiro atoms. The molecule has 0 bridgehead atoms. The first-order chi connectivity index (χ1) is 6.91. The second-order valence-electron chi connectivity index (χ2n) is 4.74. The van der Waals surface area contributed by atoms with Gasteiger partial charge in [0.1, 0.15) is 0 Å². The van der Waals surface area contributed by atoms with Crippen molar-refractivity contribution in [1.29, 1.82) is 0 Å². The highest BCUT2D eigenvalue weighted by atomic mass is 16.2. The minimum absolute atomic E-state index is 0.446. The zero-order valence-corrected chi connectivity index (χ0v) is 10.1. The van der Waals surface area contributed by atoms with E-state index in [1.54, 1.807) is 13.8 Å². The van der Waals surface area contributed by atoms with E-state index in [-0.39, 0.29) is 0 Å². The van der Waals surface area contributed by atoms with Crippen LogP contribution in [0.1, 0.15) is 59.3 Å². The standard InChI is InChI=1S/C12H23NO2/c1-4-5-6-7-8-9-12(2,3)10(14)11(13)15/h4-9H2,1-3H3,(H2,13,15). The summed E-state index contributed by atoms with van der Waals surface area (Å²) < 4.78 is 0. The van der Waals surface area contributed by atoms with Crippen LogP contribution in [0.3, 0.4) is 0 Å². The molecule has 0 aliphatic carbocycles. The second-order valence-corrected chi connectivity index (χ2v) is 4.74. The van der Waals surface area contributed by atoms with Gasteiger partial charge in [0.15, 0.2) is 0 Å². The zero-order valence-electron chi connectivity index (χ0n) is 10.1. The van der Waals surface area contributed by atoms with Gasteiger partial charge in [0, 0.05) is 5.41 Å². The van der Waals surface area contributed by atoms with Crippen LogP contribution in [0, 0.1) is 5.41 Å². The van der Waals surface area contributed by atoms with Crippen molar-refractivity contribution in [3.05, 3.63) is 0 Å². The van der Waals surface area contributed by atoms with Crippen LogP contribution in [-0.4, -0.2) is 11.7 Å². The van der Waals surface area contributed by atoms with Gasteiger partial charge in [-0.1, -0.05) is 52.9 Å². The maximum absolute atomic E-state index is 11.4. The number of amides is 1. The van der Waals surface area contributed by atoms with Gasteiger partial charge in [-0.15, -0.1) is 0 Å². The van der Waals surface area contributed by atoms with E-state index in [2.05, 4.69) is 6.92 Å². The molecule has 0 saturated carbocycles. The molecule has 0 aliphatic rings. The summed E-state index contributed by atoms with van der Waals surface area (Å²) in [6.45, 7) is 5.75. The fourth-order valence-electron chi connectivity index (χ4n) is 1.62. The van der Waals surface area contributed by atoms with Gasteiger partial charge >= 0.3 is 0 Å². The number of unbranched alkanes of at least 4 members (excludes halogenated alkanes) is 4. The van der Waals surface area contributed by atoms with E-state index < -0.39 is 17.1 Å². The van der Waals surface area contributed by atoms with E-state index in [9.17, 15) is 9.59 Å². The topological polar surface area (TPSA) is 60.2 Å². The summed E-state index contributed by atoms with van der Waals surface area (Å²) in [4.78, 5) is 22.2. The van der Waals surface area contributed by atoms with Gasteiger partial charge in [-0.3, -0.25) is 9.59 Å². The molecule has 15 heavy (non-hydrogen) atoms. The summed E-state index contributed by atoms with van der Waals surface area (Å²) in [7, 11) is 0. The Morgan fingerprint density at radius 2 is 1.60 bits per heavy atom. The number of hydrogen-bond donors (Lipinski definition) is 1. The molecule has 0 rings (SSSR count). The molecule has 0 atom stereocenters. The Bertz CT molecular complexity index is 222. The van der Waals surface area contributed by atoms with Crippen LogP contribution in [0.5, 0.6) is 0 Å². The number of hydrogen-bond acceptors (Lipinski definition) is 2. The van der Waals surface area contributed by atoms with Crippen molar-refractivity contribution in [2.24, 2.45) is 11.1 Å². The molecule has 0 unspecified atom stereocenters. The third-order valence-electron chi connectivity index (χ3n) is 2.74. The summed E-state index contributed by atoms with van der Waals surface area (Å²) in [6, 6.07) is 0. The molecule has 0 aliphatic heterocycles. The predicted octanol–water partition coefficient (Wildman–Crippen LogP) is 2.43. The Balaban J connectivity index is 3.84. The third kappa shape index (κ3) is 5.55. The molecule has 88 valence electrons. The molecule has 2 N–H and O–H groups in total. The molecular weight excluding hydrogens is 190 g/mol. The maximum Gasteiger partial charge on any atom is 0.285 e. The van der Waals surface area contributed by atoms with Crippen LogP contribution < -0.4 is 5.73 Å². The monoisotopic (exact) mass is 213 g/mol. The Morgan fingerprint density at radius 1 is 1.07 bits per heavy atom. The van der Waals surface area contributed by atoms with E-state index in [1.807, 2.05) is 0 Å². The highest BCUT2D eigenvalue weighted by Crippen LogP contribution is 2.25. The summed E-state index contributed by atoms with van der Waals surface area (Å²) in [5.41, 5.74) is 4.40. The third-order valence-corrected chi connectivity index (χ3v) is 2.74. The van der Waals surface area contributed by atoms with Crippen molar-refractivity contribution in [1.82, 2.24) is 0 Å². The van der Waals surface area contributed by atoms with E-state index in [1.165, 1.54) is 19.3 Å². The van der Waals surface area contributed by atoms with Gasteiger partial charge in [-0.05, 0) is 6.42 Å². The van der Waals surface area contributed by atoms with Crippen molar-refractivity contribution in [3.63, 3.8) is 0 Å². The van der Waals surface area contributed by atoms with Gasteiger partial charge in [0.25, 0.3) is 5.91 Å². The molecule has 0 heterocycles. The van der Waals surface area contributed by atoms with Gasteiger partial charge in [0.2, 0.25) is 5.78 Å². The van der Waals surface area contributed by atoms with E-state index >= 15 is 0 Å². The molecule has 0 fully saturated rings. The number of carbonyl (C=O) groups excluding carboxylic acids is 2. The Hall–Kier alpha value is -0.860. The molecule has 1 amide bonds. The molecular formula is C12H23NO2. The van der Waals surface area contributed by atoms with Crippen LogP contribution in [-0.2, 0) is 9.59 Å². The number of Topliss-reactive ketones (excluding diaryl/α,β-unsaturated/α-hetero) is 1. The first-order valence-corrected chi connectivity index (χ1v) is 5.76. The van der Waals surface area contributed by atoms with Gasteiger partial charge in [-0.2, -0.15) is 0 Å². The van der Waals surface area contributed by atoms with Crippen LogP contribution in [0.4, 0.5) is 0 Å². The fourth-order valence-corrected chi connectivity index (χ4v) is 1.62. The lowest BCUT2D eigenvalue weighted by molar-refractivity contribution is -0.141. The molecule has 0 saturated heterocycles. The fraction of sp³-hybridized carbons (Fsp3) is 0.833. The number of ketones is 1. The molecule has 3 heteroatoms. The summed E-state index contributed by atoms with van der Waals surface area (Å²) in [6.07, 6.45) is 6.53. The first kappa shape index (κ1) is 14.1. The Morgan fingerprint density at radius 3 is 2.07 bits per heavy atom. The highest BCUT2D eigenvalue weighted by molar-refractivity contribution is 6.37. The van der Waals surface area contributed by atoms with Crippen LogP contribution in [0.25, 0.3) is 0 Å². The summed E-state index contributed by atoms with van der Waals surface area (Å²) in [5, 5.41) is 0. The van der Waals surface area contributed by atoms with Crippen molar-refractivity contribution in [2.45, 2.75) is 59.3 Å². The van der Waals surface area contributed by atoms with E-state index in [0.29, 0.717) is 0 Å². The quantitative estimate of drug-likeness (QED) is 0.497. The van der Waals surface area contributed by atoms with Crippen molar-refractivity contribution in [2.75, 3.05) is 0 Å². The smallest absolute Gasteiger partial charge is 0.285 e. The van der Waals surface area contributed by atoms with Crippen molar-refractivity contribution < 1.29 is 9.59 Å². The van der Waals surface area contributed by atoms with Gasteiger partial charge < -0.3 is 5.73 Å². The van der Waals surface area contributed by atoms with Gasteiger partial charge in [0.05, 0.1) is 0 Å². The lowest BCUT2D eigenvalue weighted by Gasteiger charge is -2.20. The Labute approximate surface area is 92.4 Å². The summed E-state index contributed by atoms with van der Waals surface area (Å²) in [5.74, 6) is -1.26. The van der Waals surface area contributed by atoms with Crippen LogP contribution in [0.15, 0.2) is 0 Å². The molecule has 0 aromatic heterocycles. The number of nitrogens with two attached hydrogens (primary N) is 1. The first-order valence-electron chi connectivity index (χ1n) is 5.76. The lowest BCUT2D eigenvalue weighted by Crippen LogP contribution is -2.36. The number of primary amides is 1. The SMILES string of the molecule is CCCCCCCC(C)(C)C(=O)C(N)=O. The minimum atomic E-state index is -0.812. The normalized spacial score (nSPS) is 11.4. The average Bonchev–Trinajstić information content (AvgIpc) is 2.16. The van der Waals surface area contributed by atoms with Crippen LogP contribution in [0.2, 0.25) is 0 Å². The second kappa shape index (κ2) is 6.59. The maximum atomic E-state index is 11.4. The molecule has 0 aromatic rings. The molecule has 0 radical (unpaired) electrons. The number of carbonyl (C=O) groups is 2. The molecule has 0 aromatic carbocycles. The predicted molar refractivity (Wildman–Crippen MR) is 61.4 cm³/mol. The summed E-state index contributed by atoms with van der Waals surface area (Å²) >= 11 is 0. The zero-order chi connectivity index (χ0) is 11.9. The minimum Gasteiger partial charge on any atom is -0.363 e. The van der Waals surface area contributed by atoms with Gasteiger partial charge in [-0.25, -0.2) is 0 Å². The average molecular weight is 213 g/mol. The largest absolute Gasteiger partial charge is 0.363 e. The molecule has 3 nitrogen and oxygen atoms in total. The number of rotatable bonds is 8. The van der Waals surface area contributed by atoms with E-state index in [0.717, 1.165) is 19.3 Å². The lowest BCUT2D eigenvalue weighted by atomic mass is 9.82. The van der Waals surface area contributed by atoms with Crippen LogP contribution >= 0.6 is 0 Å². The van der Waals surface area contributed by atoms with Crippen molar-refractivity contribution >= 4 is 11.7 Å².